The number of benzene rings is 1. The zero-order valence-electron chi connectivity index (χ0n) is 20.7. The number of fused-ring (bicyclic) bond motifs is 1. The van der Waals surface area contributed by atoms with E-state index in [0.717, 1.165) is 36.9 Å². The van der Waals surface area contributed by atoms with E-state index in [1.807, 2.05) is 12.1 Å². The monoisotopic (exact) mass is 575 g/mol. The van der Waals surface area contributed by atoms with Crippen LogP contribution in [-0.2, 0) is 4.74 Å². The fourth-order valence-corrected chi connectivity index (χ4v) is 5.34. The average molecular weight is 576 g/mol. The molecule has 7 rings (SSSR count). The molecular weight excluding hydrogens is 555 g/mol. The Hall–Kier alpha value is -3.88. The van der Waals surface area contributed by atoms with Crippen LogP contribution in [0.25, 0.3) is 16.9 Å². The molecule has 3 aliphatic heterocycles. The first-order chi connectivity index (χ1) is 19.0. The number of anilines is 3. The quantitative estimate of drug-likeness (QED) is 0.369. The molecule has 3 fully saturated rings. The number of carbonyl (C=O) groups excluding carboxylic acids is 1. The van der Waals surface area contributed by atoms with Crippen molar-refractivity contribution < 1.29 is 32.3 Å². The first kappa shape index (κ1) is 25.1. The molecule has 0 aliphatic carbocycles. The number of alkyl halides is 3. The van der Waals surface area contributed by atoms with Gasteiger partial charge in [-0.15, -0.1) is 0 Å². The first-order valence-electron chi connectivity index (χ1n) is 12.3. The Morgan fingerprint density at radius 2 is 1.88 bits per heavy atom. The Balaban J connectivity index is 1.08. The van der Waals surface area contributed by atoms with Crippen molar-refractivity contribution in [1.82, 2.24) is 19.8 Å². The third-order valence-electron chi connectivity index (χ3n) is 7.58. The van der Waals surface area contributed by atoms with Crippen LogP contribution < -0.4 is 15.1 Å². The van der Waals surface area contributed by atoms with Gasteiger partial charge in [0.2, 0.25) is 5.82 Å². The molecule has 0 saturated carbocycles. The summed E-state index contributed by atoms with van der Waals surface area (Å²) >= 11 is 6.35. The topological polar surface area (TPSA) is 121 Å². The number of aliphatic hydroxyl groups is 1. The van der Waals surface area contributed by atoms with Gasteiger partial charge < -0.3 is 29.5 Å². The van der Waals surface area contributed by atoms with Gasteiger partial charge in [-0.2, -0.15) is 23.3 Å². The predicted molar refractivity (Wildman–Crippen MR) is 137 cm³/mol. The fraction of sp³-hybridized carbons (Fsp3) is 0.360. The van der Waals surface area contributed by atoms with Gasteiger partial charge in [-0.05, 0) is 30.3 Å². The lowest BCUT2D eigenvalue weighted by molar-refractivity contribution is -0.268. The van der Waals surface area contributed by atoms with Gasteiger partial charge in [-0.3, -0.25) is 4.79 Å². The first-order valence-corrected chi connectivity index (χ1v) is 12.7. The summed E-state index contributed by atoms with van der Waals surface area (Å²) in [7, 11) is 0. The van der Waals surface area contributed by atoms with E-state index in [-0.39, 0.29) is 28.0 Å². The van der Waals surface area contributed by atoms with E-state index in [0.29, 0.717) is 16.6 Å². The number of pyridine rings is 1. The maximum atomic E-state index is 13.3. The van der Waals surface area contributed by atoms with Crippen molar-refractivity contribution in [2.75, 3.05) is 54.5 Å². The lowest BCUT2D eigenvalue weighted by atomic mass is 9.78. The molecule has 3 saturated heterocycles. The van der Waals surface area contributed by atoms with Gasteiger partial charge in [-0.1, -0.05) is 16.8 Å². The van der Waals surface area contributed by atoms with Crippen LogP contribution >= 0.6 is 11.6 Å². The van der Waals surface area contributed by atoms with E-state index in [2.05, 4.69) is 25.5 Å². The van der Waals surface area contributed by atoms with Gasteiger partial charge in [-0.25, -0.2) is 4.52 Å². The molecule has 208 valence electrons. The van der Waals surface area contributed by atoms with Crippen LogP contribution in [0.1, 0.15) is 10.4 Å². The van der Waals surface area contributed by atoms with Crippen LogP contribution in [0.3, 0.4) is 0 Å². The lowest BCUT2D eigenvalue weighted by Gasteiger charge is -2.56. The van der Waals surface area contributed by atoms with Crippen molar-refractivity contribution in [3.05, 3.63) is 53.3 Å². The molecule has 0 atom stereocenters. The maximum absolute atomic E-state index is 13.3. The zero-order valence-corrected chi connectivity index (χ0v) is 21.4. The number of aromatic nitrogens is 4. The number of hydrogen-bond acceptors (Lipinski definition) is 9. The number of nitrogens with one attached hydrogen (secondary N) is 1. The second-order valence-electron chi connectivity index (χ2n) is 10.6. The van der Waals surface area contributed by atoms with Crippen molar-refractivity contribution >= 4 is 40.4 Å². The molecule has 1 spiro atoms. The van der Waals surface area contributed by atoms with Gasteiger partial charge in [0.15, 0.2) is 5.60 Å². The number of ether oxygens (including phenoxy) is 1. The van der Waals surface area contributed by atoms with E-state index in [9.17, 15) is 23.1 Å². The Kier molecular flexibility index (Phi) is 5.37. The minimum Gasteiger partial charge on any atom is -0.380 e. The van der Waals surface area contributed by atoms with Gasteiger partial charge >= 0.3 is 12.2 Å². The highest BCUT2D eigenvalue weighted by Crippen LogP contribution is 2.41. The summed E-state index contributed by atoms with van der Waals surface area (Å²) in [6, 6.07) is 8.37. The molecule has 2 N–H and O–H groups in total. The SMILES string of the molecule is O=C(Nc1cc(-c2noc(N3CC(O)(C(F)(F)F)C3)n2)ccc1Cl)c1cnn2ccc(N3CC4(COC4)C3)cc12. The van der Waals surface area contributed by atoms with Gasteiger partial charge in [0.1, 0.15) is 0 Å². The standard InChI is InChI=1S/C25H21ClF3N7O4/c26-17-2-1-14(20-32-22(40-33-20)35-10-24(38,11-35)25(27,28)29)5-18(17)31-21(37)16-7-30-36-4-3-15(6-19(16)36)34-8-23(9-34)12-39-13-23/h1-7,38H,8-13H2,(H,31,37). The molecule has 1 amide bonds. The van der Waals surface area contributed by atoms with Crippen molar-refractivity contribution in [2.24, 2.45) is 5.41 Å². The second kappa shape index (κ2) is 8.56. The van der Waals surface area contributed by atoms with Gasteiger partial charge in [0, 0.05) is 30.5 Å². The van der Waals surface area contributed by atoms with Crippen LogP contribution in [0.4, 0.5) is 30.6 Å². The minimum absolute atomic E-state index is 0.0782. The van der Waals surface area contributed by atoms with Crippen LogP contribution in [0, 0.1) is 5.41 Å². The number of halogens is 4. The largest absolute Gasteiger partial charge is 0.420 e. The van der Waals surface area contributed by atoms with Crippen molar-refractivity contribution in [3.8, 4) is 11.4 Å². The number of rotatable bonds is 5. The molecule has 3 aliphatic rings. The normalized spacial score (nSPS) is 19.3. The third-order valence-corrected chi connectivity index (χ3v) is 7.90. The van der Waals surface area contributed by atoms with E-state index < -0.39 is 30.8 Å². The number of hydrogen-bond donors (Lipinski definition) is 2. The molecule has 6 heterocycles. The number of carbonyl (C=O) groups is 1. The summed E-state index contributed by atoms with van der Waals surface area (Å²) in [5, 5.41) is 20.8. The van der Waals surface area contributed by atoms with E-state index in [1.165, 1.54) is 18.3 Å². The second-order valence-corrected chi connectivity index (χ2v) is 11.0. The summed E-state index contributed by atoms with van der Waals surface area (Å²) < 4.78 is 50.9. The molecular formula is C25H21ClF3N7O4. The molecule has 40 heavy (non-hydrogen) atoms. The zero-order chi connectivity index (χ0) is 27.9. The van der Waals surface area contributed by atoms with Gasteiger partial charge in [0.05, 0.1) is 59.7 Å². The van der Waals surface area contributed by atoms with Crippen LogP contribution in [0.2, 0.25) is 5.02 Å². The molecule has 15 heteroatoms. The molecule has 0 unspecified atom stereocenters. The average Bonchev–Trinajstić information content (AvgIpc) is 3.48. The number of β-amino-alcohol motifs (C(OH)–C–C–N with tert-alkyl or cyclic N) is 1. The van der Waals surface area contributed by atoms with Crippen LogP contribution in [-0.4, -0.2) is 81.9 Å². The van der Waals surface area contributed by atoms with E-state index >= 15 is 0 Å². The van der Waals surface area contributed by atoms with Crippen molar-refractivity contribution in [2.45, 2.75) is 11.8 Å². The fourth-order valence-electron chi connectivity index (χ4n) is 5.17. The lowest BCUT2D eigenvalue weighted by Crippen LogP contribution is -2.69. The third kappa shape index (κ3) is 3.97. The highest BCUT2D eigenvalue weighted by atomic mass is 35.5. The highest BCUT2D eigenvalue weighted by Gasteiger charge is 2.62. The summed E-state index contributed by atoms with van der Waals surface area (Å²) in [4.78, 5) is 20.8. The van der Waals surface area contributed by atoms with E-state index in [1.54, 1.807) is 16.8 Å². The van der Waals surface area contributed by atoms with Gasteiger partial charge in [0.25, 0.3) is 5.91 Å². The molecule has 0 bridgehead atoms. The molecule has 1 aromatic carbocycles. The molecule has 3 aromatic heterocycles. The molecule has 4 aromatic rings. The van der Waals surface area contributed by atoms with Crippen LogP contribution in [0.5, 0.6) is 0 Å². The summed E-state index contributed by atoms with van der Waals surface area (Å²) in [6.07, 6.45) is -1.48. The summed E-state index contributed by atoms with van der Waals surface area (Å²) in [5.41, 5.74) is 0.0812. The van der Waals surface area contributed by atoms with E-state index in [4.69, 9.17) is 20.9 Å². The number of nitrogens with zero attached hydrogens (tertiary/aromatic N) is 6. The Labute approximate surface area is 229 Å². The number of amides is 1. The Bertz CT molecular complexity index is 1640. The molecule has 0 radical (unpaired) electrons. The maximum Gasteiger partial charge on any atom is 0.420 e. The van der Waals surface area contributed by atoms with Crippen molar-refractivity contribution in [3.63, 3.8) is 0 Å². The summed E-state index contributed by atoms with van der Waals surface area (Å²) in [6.45, 7) is 1.93. The smallest absolute Gasteiger partial charge is 0.380 e. The predicted octanol–water partition coefficient (Wildman–Crippen LogP) is 3.24. The highest BCUT2D eigenvalue weighted by molar-refractivity contribution is 6.34. The minimum atomic E-state index is -4.76. The Morgan fingerprint density at radius 1 is 1.10 bits per heavy atom. The molecule has 11 nitrogen and oxygen atoms in total. The summed E-state index contributed by atoms with van der Waals surface area (Å²) in [5.74, 6) is -0.353. The van der Waals surface area contributed by atoms with Crippen LogP contribution in [0.15, 0.2) is 47.2 Å². The van der Waals surface area contributed by atoms with Crippen molar-refractivity contribution in [1.29, 1.82) is 0 Å². The Morgan fingerprint density at radius 3 is 2.58 bits per heavy atom.